The van der Waals surface area contributed by atoms with E-state index in [0.29, 0.717) is 19.0 Å². The summed E-state index contributed by atoms with van der Waals surface area (Å²) < 4.78 is 2.03. The number of carbonyl (C=O) groups excluding carboxylic acids is 1. The van der Waals surface area contributed by atoms with Crippen LogP contribution in [0, 0.1) is 0 Å². The molecule has 0 saturated carbocycles. The number of fused-ring (bicyclic) bond motifs is 1. The molecule has 124 valence electrons. The number of amides is 1. The monoisotopic (exact) mass is 332 g/mol. The number of thiophene rings is 1. The summed E-state index contributed by atoms with van der Waals surface area (Å²) in [5, 5.41) is 9.53. The van der Waals surface area contributed by atoms with Crippen LogP contribution in [0.3, 0.4) is 0 Å². The summed E-state index contributed by atoms with van der Waals surface area (Å²) in [6, 6.07) is 6.80. The minimum atomic E-state index is 0.110. The predicted octanol–water partition coefficient (Wildman–Crippen LogP) is 2.46. The number of nitrogens with one attached hydrogen (secondary N) is 1. The average molecular weight is 332 g/mol. The van der Waals surface area contributed by atoms with Crippen molar-refractivity contribution in [3.63, 3.8) is 0 Å². The lowest BCUT2D eigenvalue weighted by Gasteiger charge is -2.36. The molecule has 1 amide bonds. The molecule has 2 aromatic heterocycles. The van der Waals surface area contributed by atoms with Gasteiger partial charge >= 0.3 is 0 Å². The zero-order chi connectivity index (χ0) is 16.2. The van der Waals surface area contributed by atoms with Gasteiger partial charge in [-0.15, -0.1) is 11.3 Å². The van der Waals surface area contributed by atoms with Crippen molar-refractivity contribution < 1.29 is 4.79 Å². The third-order valence-electron chi connectivity index (χ3n) is 4.33. The normalized spacial score (nSPS) is 18.1. The van der Waals surface area contributed by atoms with Crippen LogP contribution < -0.4 is 5.32 Å². The lowest BCUT2D eigenvalue weighted by molar-refractivity contribution is -0.122. The fraction of sp³-hybridized carbons (Fsp3) is 0.529. The van der Waals surface area contributed by atoms with E-state index in [0.717, 1.165) is 19.5 Å². The van der Waals surface area contributed by atoms with Gasteiger partial charge in [0.05, 0.1) is 18.2 Å². The highest BCUT2D eigenvalue weighted by atomic mass is 32.1. The Labute approximate surface area is 141 Å². The molecular weight excluding hydrogens is 308 g/mol. The second kappa shape index (κ2) is 7.27. The zero-order valence-corrected chi connectivity index (χ0v) is 14.6. The quantitative estimate of drug-likeness (QED) is 0.884. The summed E-state index contributed by atoms with van der Waals surface area (Å²) in [5.74, 6) is 0.110. The van der Waals surface area contributed by atoms with E-state index in [1.54, 1.807) is 11.3 Å². The zero-order valence-electron chi connectivity index (χ0n) is 13.7. The van der Waals surface area contributed by atoms with Crippen molar-refractivity contribution in [1.29, 1.82) is 0 Å². The van der Waals surface area contributed by atoms with Gasteiger partial charge in [-0.2, -0.15) is 5.10 Å². The number of hydrogen-bond acceptors (Lipinski definition) is 4. The van der Waals surface area contributed by atoms with Gasteiger partial charge in [0.15, 0.2) is 0 Å². The number of carbonyl (C=O) groups is 1. The molecule has 3 rings (SSSR count). The van der Waals surface area contributed by atoms with Gasteiger partial charge in [0.25, 0.3) is 0 Å². The van der Waals surface area contributed by atoms with E-state index in [4.69, 9.17) is 0 Å². The Morgan fingerprint density at radius 1 is 1.48 bits per heavy atom. The Balaban J connectivity index is 1.55. The van der Waals surface area contributed by atoms with Gasteiger partial charge in [-0.05, 0) is 37.8 Å². The van der Waals surface area contributed by atoms with Crippen molar-refractivity contribution in [3.8, 4) is 0 Å². The van der Waals surface area contributed by atoms with Crippen LogP contribution in [0.15, 0.2) is 29.8 Å². The predicted molar refractivity (Wildman–Crippen MR) is 92.5 cm³/mol. The second-order valence-electron chi connectivity index (χ2n) is 6.33. The van der Waals surface area contributed by atoms with Crippen LogP contribution in [0.2, 0.25) is 0 Å². The molecule has 1 aliphatic heterocycles. The molecule has 0 unspecified atom stereocenters. The highest BCUT2D eigenvalue weighted by molar-refractivity contribution is 7.09. The Hall–Kier alpha value is -1.66. The SMILES string of the molecule is CC(C)N1Cc2ccnn2[C@@H](CC(=O)NCCc2cccs2)C1. The van der Waals surface area contributed by atoms with Crippen molar-refractivity contribution in [2.75, 3.05) is 13.1 Å². The molecule has 0 fully saturated rings. The molecule has 0 spiro atoms. The molecule has 1 aliphatic rings. The number of hydrogen-bond donors (Lipinski definition) is 1. The summed E-state index contributed by atoms with van der Waals surface area (Å²) >= 11 is 1.73. The smallest absolute Gasteiger partial charge is 0.222 e. The van der Waals surface area contributed by atoms with Crippen LogP contribution >= 0.6 is 11.3 Å². The van der Waals surface area contributed by atoms with Crippen molar-refractivity contribution >= 4 is 17.2 Å². The minimum absolute atomic E-state index is 0.110. The highest BCUT2D eigenvalue weighted by Gasteiger charge is 2.28. The molecule has 0 bridgehead atoms. The average Bonchev–Trinajstić information content (AvgIpc) is 3.17. The van der Waals surface area contributed by atoms with Crippen molar-refractivity contribution in [1.82, 2.24) is 20.0 Å². The number of nitrogens with zero attached hydrogens (tertiary/aromatic N) is 3. The van der Waals surface area contributed by atoms with Gasteiger partial charge in [0.2, 0.25) is 5.91 Å². The van der Waals surface area contributed by atoms with Gasteiger partial charge in [-0.3, -0.25) is 14.4 Å². The van der Waals surface area contributed by atoms with Crippen LogP contribution in [-0.2, 0) is 17.8 Å². The molecule has 1 N–H and O–H groups in total. The highest BCUT2D eigenvalue weighted by Crippen LogP contribution is 2.24. The maximum Gasteiger partial charge on any atom is 0.222 e. The first kappa shape index (κ1) is 16.2. The van der Waals surface area contributed by atoms with Crippen LogP contribution in [0.4, 0.5) is 0 Å². The summed E-state index contributed by atoms with van der Waals surface area (Å²) in [7, 11) is 0. The van der Waals surface area contributed by atoms with Crippen molar-refractivity contribution in [3.05, 3.63) is 40.3 Å². The molecular formula is C17H24N4OS. The first-order chi connectivity index (χ1) is 11.1. The van der Waals surface area contributed by atoms with Gasteiger partial charge in [-0.1, -0.05) is 6.07 Å². The third kappa shape index (κ3) is 4.00. The van der Waals surface area contributed by atoms with E-state index in [1.807, 2.05) is 16.9 Å². The van der Waals surface area contributed by atoms with E-state index in [2.05, 4.69) is 46.7 Å². The molecule has 0 aromatic carbocycles. The van der Waals surface area contributed by atoms with E-state index >= 15 is 0 Å². The molecule has 3 heterocycles. The topological polar surface area (TPSA) is 50.2 Å². The Morgan fingerprint density at radius 2 is 2.35 bits per heavy atom. The van der Waals surface area contributed by atoms with Gasteiger partial charge < -0.3 is 5.32 Å². The van der Waals surface area contributed by atoms with Gasteiger partial charge in [0, 0.05) is 36.8 Å². The van der Waals surface area contributed by atoms with E-state index in [1.165, 1.54) is 10.6 Å². The fourth-order valence-corrected chi connectivity index (χ4v) is 3.74. The second-order valence-corrected chi connectivity index (χ2v) is 7.36. The Morgan fingerprint density at radius 3 is 3.09 bits per heavy atom. The third-order valence-corrected chi connectivity index (χ3v) is 5.27. The molecule has 0 saturated heterocycles. The van der Waals surface area contributed by atoms with Crippen molar-refractivity contribution in [2.24, 2.45) is 0 Å². The Kier molecular flexibility index (Phi) is 5.13. The lowest BCUT2D eigenvalue weighted by atomic mass is 10.1. The summed E-state index contributed by atoms with van der Waals surface area (Å²) in [5.41, 5.74) is 1.20. The largest absolute Gasteiger partial charge is 0.356 e. The first-order valence-corrected chi connectivity index (χ1v) is 9.07. The maximum atomic E-state index is 12.3. The summed E-state index contributed by atoms with van der Waals surface area (Å²) in [6.45, 7) is 6.89. The van der Waals surface area contributed by atoms with Crippen LogP contribution in [0.1, 0.15) is 36.9 Å². The van der Waals surface area contributed by atoms with Crippen LogP contribution in [0.25, 0.3) is 0 Å². The molecule has 6 heteroatoms. The minimum Gasteiger partial charge on any atom is -0.356 e. The standard InChI is InChI=1S/C17H24N4OS/c1-13(2)20-11-14-5-8-19-21(14)15(12-20)10-17(22)18-7-6-16-4-3-9-23-16/h3-5,8-9,13,15H,6-7,10-12H2,1-2H3,(H,18,22)/t15-/m0/s1. The van der Waals surface area contributed by atoms with E-state index < -0.39 is 0 Å². The fourth-order valence-electron chi connectivity index (χ4n) is 3.03. The van der Waals surface area contributed by atoms with Gasteiger partial charge in [-0.25, -0.2) is 0 Å². The van der Waals surface area contributed by atoms with E-state index in [9.17, 15) is 4.79 Å². The number of aromatic nitrogens is 2. The van der Waals surface area contributed by atoms with Crippen molar-refractivity contribution in [2.45, 2.75) is 45.3 Å². The molecule has 23 heavy (non-hydrogen) atoms. The molecule has 5 nitrogen and oxygen atoms in total. The van der Waals surface area contributed by atoms with Crippen LogP contribution in [0.5, 0.6) is 0 Å². The lowest BCUT2D eigenvalue weighted by Crippen LogP contribution is -2.43. The molecule has 0 radical (unpaired) electrons. The Bertz CT molecular complexity index is 635. The van der Waals surface area contributed by atoms with E-state index in [-0.39, 0.29) is 11.9 Å². The number of rotatable bonds is 6. The first-order valence-electron chi connectivity index (χ1n) is 8.19. The maximum absolute atomic E-state index is 12.3. The molecule has 1 atom stereocenters. The summed E-state index contributed by atoms with van der Waals surface area (Å²) in [6.07, 6.45) is 3.22. The summed E-state index contributed by atoms with van der Waals surface area (Å²) in [4.78, 5) is 16.0. The molecule has 0 aliphatic carbocycles. The van der Waals surface area contributed by atoms with Gasteiger partial charge in [0.1, 0.15) is 0 Å². The van der Waals surface area contributed by atoms with Crippen LogP contribution in [-0.4, -0.2) is 39.7 Å². The molecule has 2 aromatic rings.